The van der Waals surface area contributed by atoms with Crippen LogP contribution in [0.25, 0.3) is 11.1 Å². The molecule has 2 saturated heterocycles. The first-order chi connectivity index (χ1) is 12.5. The minimum Gasteiger partial charge on any atom is -0.336 e. The molecule has 26 heavy (non-hydrogen) atoms. The normalized spacial score (nSPS) is 20.3. The number of amides is 1. The fourth-order valence-electron chi connectivity index (χ4n) is 4.02. The lowest BCUT2D eigenvalue weighted by Gasteiger charge is -2.37. The number of nitrogens with zero attached hydrogens (tertiary/aromatic N) is 2. The van der Waals surface area contributed by atoms with Crippen LogP contribution < -0.4 is 0 Å². The van der Waals surface area contributed by atoms with Gasteiger partial charge in [0.25, 0.3) is 5.91 Å². The van der Waals surface area contributed by atoms with Gasteiger partial charge in [-0.2, -0.15) is 0 Å². The summed E-state index contributed by atoms with van der Waals surface area (Å²) in [5.41, 5.74) is 2.65. The fraction of sp³-hybridized carbons (Fsp3) is 0.381. The molecule has 1 amide bonds. The highest BCUT2D eigenvalue weighted by atomic mass is 35.5. The van der Waals surface area contributed by atoms with Crippen LogP contribution in [0.4, 0.5) is 4.39 Å². The summed E-state index contributed by atoms with van der Waals surface area (Å²) in [4.78, 5) is 17.3. The lowest BCUT2D eigenvalue weighted by atomic mass is 10.0. The van der Waals surface area contributed by atoms with E-state index in [1.54, 1.807) is 13.0 Å². The van der Waals surface area contributed by atoms with Crippen molar-refractivity contribution in [1.29, 1.82) is 0 Å². The zero-order valence-corrected chi connectivity index (χ0v) is 15.6. The third kappa shape index (κ3) is 3.24. The first-order valence-corrected chi connectivity index (χ1v) is 9.50. The van der Waals surface area contributed by atoms with Gasteiger partial charge in [0.1, 0.15) is 5.82 Å². The maximum Gasteiger partial charge on any atom is 0.253 e. The third-order valence-electron chi connectivity index (χ3n) is 5.57. The number of fused-ring (bicyclic) bond motifs is 1. The molecule has 3 nitrogen and oxygen atoms in total. The molecule has 2 heterocycles. The molecular weight excluding hydrogens is 351 g/mol. The maximum absolute atomic E-state index is 13.9. The Labute approximate surface area is 158 Å². The average Bonchev–Trinajstić information content (AvgIpc) is 3.12. The van der Waals surface area contributed by atoms with Crippen LogP contribution in [0.5, 0.6) is 0 Å². The Kier molecular flexibility index (Phi) is 4.72. The summed E-state index contributed by atoms with van der Waals surface area (Å²) in [5, 5.41) is 0.514. The highest BCUT2D eigenvalue weighted by Crippen LogP contribution is 2.31. The van der Waals surface area contributed by atoms with Crippen molar-refractivity contribution >= 4 is 17.5 Å². The molecule has 2 aromatic carbocycles. The SMILES string of the molecule is Cc1cc(Cl)c(-c2ccc(C(=O)N3CCN4CCC[C@@H]4C3)cc2)cc1F. The number of benzene rings is 2. The predicted octanol–water partition coefficient (Wildman–Crippen LogP) is 4.37. The van der Waals surface area contributed by atoms with E-state index in [9.17, 15) is 9.18 Å². The Morgan fingerprint density at radius 3 is 2.69 bits per heavy atom. The second-order valence-corrected chi connectivity index (χ2v) is 7.65. The summed E-state index contributed by atoms with van der Waals surface area (Å²) in [6.07, 6.45) is 2.41. The topological polar surface area (TPSA) is 23.6 Å². The molecule has 2 aliphatic heterocycles. The molecule has 136 valence electrons. The lowest BCUT2D eigenvalue weighted by Crippen LogP contribution is -2.52. The van der Waals surface area contributed by atoms with Gasteiger partial charge in [-0.1, -0.05) is 23.7 Å². The van der Waals surface area contributed by atoms with Crippen LogP contribution in [0.15, 0.2) is 36.4 Å². The van der Waals surface area contributed by atoms with Gasteiger partial charge < -0.3 is 4.90 Å². The number of hydrogen-bond acceptors (Lipinski definition) is 2. The van der Waals surface area contributed by atoms with Crippen molar-refractivity contribution in [2.45, 2.75) is 25.8 Å². The second kappa shape index (κ2) is 7.01. The van der Waals surface area contributed by atoms with Crippen molar-refractivity contribution in [3.05, 3.63) is 58.4 Å². The van der Waals surface area contributed by atoms with Crippen LogP contribution in [-0.2, 0) is 0 Å². The van der Waals surface area contributed by atoms with E-state index < -0.39 is 0 Å². The van der Waals surface area contributed by atoms with Crippen LogP contribution >= 0.6 is 11.6 Å². The van der Waals surface area contributed by atoms with Crippen molar-refractivity contribution in [3.8, 4) is 11.1 Å². The van der Waals surface area contributed by atoms with Crippen LogP contribution in [0.2, 0.25) is 5.02 Å². The highest BCUT2D eigenvalue weighted by Gasteiger charge is 2.32. The number of hydrogen-bond donors (Lipinski definition) is 0. The van der Waals surface area contributed by atoms with Gasteiger partial charge >= 0.3 is 0 Å². The fourth-order valence-corrected chi connectivity index (χ4v) is 4.35. The van der Waals surface area contributed by atoms with Crippen LogP contribution in [0, 0.1) is 12.7 Å². The van der Waals surface area contributed by atoms with Crippen LogP contribution in [-0.4, -0.2) is 47.9 Å². The largest absolute Gasteiger partial charge is 0.336 e. The van der Waals surface area contributed by atoms with Gasteiger partial charge in [0.05, 0.1) is 0 Å². The molecule has 0 bridgehead atoms. The molecule has 0 saturated carbocycles. The van der Waals surface area contributed by atoms with E-state index in [1.165, 1.54) is 18.9 Å². The molecule has 1 atom stereocenters. The molecule has 0 radical (unpaired) electrons. The Morgan fingerprint density at radius 1 is 1.15 bits per heavy atom. The van der Waals surface area contributed by atoms with Gasteiger partial charge in [0.2, 0.25) is 0 Å². The van der Waals surface area contributed by atoms with Gasteiger partial charge in [-0.25, -0.2) is 4.39 Å². The summed E-state index contributed by atoms with van der Waals surface area (Å²) >= 11 is 6.27. The standard InChI is InChI=1S/C21H22ClFN2O/c1-14-11-19(22)18(12-20(14)23)15-4-6-16(7-5-15)21(26)25-10-9-24-8-2-3-17(24)13-25/h4-7,11-12,17H,2-3,8-10,13H2,1H3/t17-/m1/s1. The van der Waals surface area contributed by atoms with Crippen molar-refractivity contribution in [2.75, 3.05) is 26.2 Å². The molecule has 0 N–H and O–H groups in total. The number of halogens is 2. The number of carbonyl (C=O) groups excluding carboxylic acids is 1. The second-order valence-electron chi connectivity index (χ2n) is 7.24. The van der Waals surface area contributed by atoms with Crippen LogP contribution in [0.1, 0.15) is 28.8 Å². The Hall–Kier alpha value is -1.91. The molecule has 2 aliphatic rings. The van der Waals surface area contributed by atoms with Crippen molar-refractivity contribution < 1.29 is 9.18 Å². The summed E-state index contributed by atoms with van der Waals surface area (Å²) in [5.74, 6) is -0.205. The van der Waals surface area contributed by atoms with Gasteiger partial charge in [-0.05, 0) is 61.7 Å². The van der Waals surface area contributed by atoms with Crippen molar-refractivity contribution in [1.82, 2.24) is 9.80 Å². The molecule has 0 spiro atoms. The molecule has 5 heteroatoms. The monoisotopic (exact) mass is 372 g/mol. The predicted molar refractivity (Wildman–Crippen MR) is 102 cm³/mol. The summed E-state index contributed by atoms with van der Waals surface area (Å²) in [7, 11) is 0. The molecule has 4 rings (SSSR count). The van der Waals surface area contributed by atoms with Gasteiger partial charge in [-0.15, -0.1) is 0 Å². The van der Waals surface area contributed by atoms with Crippen LogP contribution in [0.3, 0.4) is 0 Å². The Bertz CT molecular complexity index is 837. The summed E-state index contributed by atoms with van der Waals surface area (Å²) < 4.78 is 13.9. The van der Waals surface area contributed by atoms with Gasteiger partial charge in [0.15, 0.2) is 0 Å². The van der Waals surface area contributed by atoms with E-state index in [2.05, 4.69) is 4.90 Å². The Balaban J connectivity index is 1.52. The smallest absolute Gasteiger partial charge is 0.253 e. The Morgan fingerprint density at radius 2 is 1.92 bits per heavy atom. The quantitative estimate of drug-likeness (QED) is 0.781. The minimum absolute atomic E-state index is 0.0734. The molecule has 0 unspecified atom stereocenters. The molecule has 2 fully saturated rings. The highest BCUT2D eigenvalue weighted by molar-refractivity contribution is 6.33. The van der Waals surface area contributed by atoms with E-state index in [0.717, 1.165) is 31.7 Å². The van der Waals surface area contributed by atoms with Crippen molar-refractivity contribution in [2.24, 2.45) is 0 Å². The average molecular weight is 373 g/mol. The van der Waals surface area contributed by atoms with E-state index in [4.69, 9.17) is 11.6 Å². The van der Waals surface area contributed by atoms with E-state index >= 15 is 0 Å². The summed E-state index contributed by atoms with van der Waals surface area (Å²) in [6.45, 7) is 5.42. The first-order valence-electron chi connectivity index (χ1n) is 9.12. The minimum atomic E-state index is -0.279. The zero-order chi connectivity index (χ0) is 18.3. The third-order valence-corrected chi connectivity index (χ3v) is 5.88. The number of carbonyl (C=O) groups is 1. The van der Waals surface area contributed by atoms with Crippen molar-refractivity contribution in [3.63, 3.8) is 0 Å². The summed E-state index contributed by atoms with van der Waals surface area (Å²) in [6, 6.07) is 10.9. The molecule has 0 aliphatic carbocycles. The molecular formula is C21H22ClFN2O. The lowest BCUT2D eigenvalue weighted by molar-refractivity contribution is 0.0571. The molecule has 2 aromatic rings. The van der Waals surface area contributed by atoms with Gasteiger partial charge in [0, 0.05) is 41.8 Å². The number of aryl methyl sites for hydroxylation is 1. The number of rotatable bonds is 2. The van der Waals surface area contributed by atoms with E-state index in [1.807, 2.05) is 29.2 Å². The zero-order valence-electron chi connectivity index (χ0n) is 14.8. The first kappa shape index (κ1) is 17.5. The van der Waals surface area contributed by atoms with Gasteiger partial charge in [-0.3, -0.25) is 9.69 Å². The maximum atomic E-state index is 13.9. The molecule has 0 aromatic heterocycles. The van der Waals surface area contributed by atoms with E-state index in [-0.39, 0.29) is 11.7 Å². The number of piperazine rings is 1. The van der Waals surface area contributed by atoms with E-state index in [0.29, 0.717) is 27.8 Å².